The Morgan fingerprint density at radius 3 is 2.42 bits per heavy atom. The maximum absolute atomic E-state index is 12.3. The summed E-state index contributed by atoms with van der Waals surface area (Å²) in [6.07, 6.45) is 6.69. The Labute approximate surface area is 114 Å². The molecule has 1 aromatic rings. The van der Waals surface area contributed by atoms with E-state index in [-0.39, 0.29) is 5.78 Å². The van der Waals surface area contributed by atoms with E-state index in [1.807, 2.05) is 31.2 Å². The molecule has 2 fully saturated rings. The molecule has 0 radical (unpaired) electrons. The molecule has 0 aromatic heterocycles. The van der Waals surface area contributed by atoms with Crippen molar-refractivity contribution in [2.24, 2.45) is 0 Å². The highest BCUT2D eigenvalue weighted by atomic mass is 16.1. The highest BCUT2D eigenvalue weighted by Gasteiger charge is 2.31. The molecule has 100 valence electrons. The number of carbonyl (C=O) groups is 1. The van der Waals surface area contributed by atoms with Crippen LogP contribution in [0.5, 0.6) is 0 Å². The fourth-order valence-electron chi connectivity index (χ4n) is 3.06. The lowest BCUT2D eigenvalue weighted by atomic mass is 9.92. The Balaban J connectivity index is 1.76. The number of hydrogen-bond acceptors (Lipinski definition) is 3. The molecule has 0 amide bonds. The van der Waals surface area contributed by atoms with Crippen molar-refractivity contribution in [3.63, 3.8) is 0 Å². The van der Waals surface area contributed by atoms with Gasteiger partial charge in [0.25, 0.3) is 0 Å². The van der Waals surface area contributed by atoms with Gasteiger partial charge in [-0.1, -0.05) is 37.1 Å². The largest absolute Gasteiger partial charge is 0.367 e. The van der Waals surface area contributed by atoms with Crippen LogP contribution in [0, 0.1) is 6.92 Å². The second kappa shape index (κ2) is 5.08. The summed E-state index contributed by atoms with van der Waals surface area (Å²) in [6, 6.07) is 8.74. The molecule has 3 nitrogen and oxygen atoms in total. The molecule has 1 aromatic carbocycles. The summed E-state index contributed by atoms with van der Waals surface area (Å²) >= 11 is 0. The van der Waals surface area contributed by atoms with E-state index in [1.54, 1.807) is 6.08 Å². The quantitative estimate of drug-likeness (QED) is 0.631. The van der Waals surface area contributed by atoms with Crippen molar-refractivity contribution >= 4 is 5.78 Å². The SMILES string of the molecule is Cc1ccccc1C(=O)/C=C1/N[C@H]2CCCC[C@H]2N1. The van der Waals surface area contributed by atoms with Crippen LogP contribution in [0.25, 0.3) is 0 Å². The van der Waals surface area contributed by atoms with E-state index in [2.05, 4.69) is 10.6 Å². The van der Waals surface area contributed by atoms with Gasteiger partial charge >= 0.3 is 0 Å². The third-order valence-corrected chi connectivity index (χ3v) is 4.13. The molecule has 1 aliphatic heterocycles. The number of aryl methyl sites for hydroxylation is 1. The number of allylic oxidation sites excluding steroid dienone is 1. The molecule has 2 aliphatic rings. The lowest BCUT2D eigenvalue weighted by Crippen LogP contribution is -2.36. The second-order valence-electron chi connectivity index (χ2n) is 5.52. The molecule has 3 heteroatoms. The number of benzene rings is 1. The second-order valence-corrected chi connectivity index (χ2v) is 5.52. The zero-order chi connectivity index (χ0) is 13.2. The zero-order valence-electron chi connectivity index (χ0n) is 11.3. The summed E-state index contributed by atoms with van der Waals surface area (Å²) in [5.74, 6) is 0.969. The van der Waals surface area contributed by atoms with Gasteiger partial charge in [0, 0.05) is 23.7 Å². The predicted octanol–water partition coefficient (Wildman–Crippen LogP) is 2.52. The van der Waals surface area contributed by atoms with E-state index in [0.29, 0.717) is 12.1 Å². The average molecular weight is 256 g/mol. The van der Waals surface area contributed by atoms with Crippen molar-refractivity contribution in [3.05, 3.63) is 47.3 Å². The molecular weight excluding hydrogens is 236 g/mol. The number of fused-ring (bicyclic) bond motifs is 1. The van der Waals surface area contributed by atoms with Crippen molar-refractivity contribution in [1.82, 2.24) is 10.6 Å². The van der Waals surface area contributed by atoms with Crippen LogP contribution in [-0.4, -0.2) is 17.9 Å². The molecule has 1 aliphatic carbocycles. The lowest BCUT2D eigenvalue weighted by Gasteiger charge is -2.23. The predicted molar refractivity (Wildman–Crippen MR) is 75.9 cm³/mol. The van der Waals surface area contributed by atoms with Crippen LogP contribution in [0.4, 0.5) is 0 Å². The first-order valence-corrected chi connectivity index (χ1v) is 7.09. The smallest absolute Gasteiger partial charge is 0.189 e. The van der Waals surface area contributed by atoms with Gasteiger partial charge in [-0.25, -0.2) is 0 Å². The molecule has 0 bridgehead atoms. The van der Waals surface area contributed by atoms with Crippen LogP contribution in [0.15, 0.2) is 36.2 Å². The van der Waals surface area contributed by atoms with Gasteiger partial charge in [-0.05, 0) is 25.3 Å². The third-order valence-electron chi connectivity index (χ3n) is 4.13. The molecule has 0 unspecified atom stereocenters. The topological polar surface area (TPSA) is 41.1 Å². The van der Waals surface area contributed by atoms with Crippen molar-refractivity contribution in [3.8, 4) is 0 Å². The maximum Gasteiger partial charge on any atom is 0.189 e. The first kappa shape index (κ1) is 12.3. The van der Waals surface area contributed by atoms with E-state index in [1.165, 1.54) is 25.7 Å². The summed E-state index contributed by atoms with van der Waals surface area (Å²) in [5.41, 5.74) is 1.81. The monoisotopic (exact) mass is 256 g/mol. The van der Waals surface area contributed by atoms with Gasteiger partial charge in [0.15, 0.2) is 5.78 Å². The molecule has 0 spiro atoms. The molecule has 2 N–H and O–H groups in total. The Bertz CT molecular complexity index is 505. The van der Waals surface area contributed by atoms with Crippen molar-refractivity contribution in [2.75, 3.05) is 0 Å². The van der Waals surface area contributed by atoms with Crippen LogP contribution < -0.4 is 10.6 Å². The summed E-state index contributed by atoms with van der Waals surface area (Å²) in [6.45, 7) is 1.97. The third kappa shape index (κ3) is 2.50. The summed E-state index contributed by atoms with van der Waals surface area (Å²) in [7, 11) is 0. The minimum absolute atomic E-state index is 0.0757. The number of ketones is 1. The number of carbonyl (C=O) groups excluding carboxylic acids is 1. The Hall–Kier alpha value is -1.77. The van der Waals surface area contributed by atoms with Crippen LogP contribution in [0.3, 0.4) is 0 Å². The maximum atomic E-state index is 12.3. The Morgan fingerprint density at radius 1 is 1.16 bits per heavy atom. The van der Waals surface area contributed by atoms with Gasteiger partial charge in [-0.15, -0.1) is 0 Å². The molecule has 1 saturated carbocycles. The number of rotatable bonds is 2. The molecule has 1 saturated heterocycles. The van der Waals surface area contributed by atoms with E-state index >= 15 is 0 Å². The molecule has 3 rings (SSSR count). The van der Waals surface area contributed by atoms with Crippen LogP contribution >= 0.6 is 0 Å². The van der Waals surface area contributed by atoms with Crippen LogP contribution in [-0.2, 0) is 0 Å². The molecular formula is C16H20N2O. The van der Waals surface area contributed by atoms with Gasteiger partial charge in [0.05, 0.1) is 0 Å². The Kier molecular flexibility index (Phi) is 3.28. The number of hydrogen-bond donors (Lipinski definition) is 2. The van der Waals surface area contributed by atoms with Gasteiger partial charge < -0.3 is 10.6 Å². The van der Waals surface area contributed by atoms with Crippen LogP contribution in [0.1, 0.15) is 41.6 Å². The van der Waals surface area contributed by atoms with Crippen molar-refractivity contribution < 1.29 is 4.79 Å². The molecule has 2 atom stereocenters. The summed E-state index contributed by atoms with van der Waals surface area (Å²) in [4.78, 5) is 12.3. The first-order chi connectivity index (χ1) is 9.24. The Morgan fingerprint density at radius 2 is 1.79 bits per heavy atom. The lowest BCUT2D eigenvalue weighted by molar-refractivity contribution is 0.104. The standard InChI is InChI=1S/C16H20N2O/c1-11-6-2-3-7-12(11)15(19)10-16-17-13-8-4-5-9-14(13)18-16/h2-3,6-7,10,13-14,17-18H,4-5,8-9H2,1H3/b16-10-/t13-,14+/m0/s1. The highest BCUT2D eigenvalue weighted by Crippen LogP contribution is 2.24. The minimum atomic E-state index is 0.0757. The van der Waals surface area contributed by atoms with Gasteiger partial charge in [0.2, 0.25) is 0 Å². The number of nitrogens with one attached hydrogen (secondary N) is 2. The van der Waals surface area contributed by atoms with E-state index in [9.17, 15) is 4.79 Å². The summed E-state index contributed by atoms with van der Waals surface area (Å²) < 4.78 is 0. The highest BCUT2D eigenvalue weighted by molar-refractivity contribution is 6.05. The normalized spacial score (nSPS) is 27.5. The van der Waals surface area contributed by atoms with E-state index in [0.717, 1.165) is 16.9 Å². The molecule has 1 heterocycles. The average Bonchev–Trinajstić information content (AvgIpc) is 2.81. The van der Waals surface area contributed by atoms with Crippen LogP contribution in [0.2, 0.25) is 0 Å². The first-order valence-electron chi connectivity index (χ1n) is 7.09. The van der Waals surface area contributed by atoms with Gasteiger partial charge in [0.1, 0.15) is 5.82 Å². The fourth-order valence-corrected chi connectivity index (χ4v) is 3.06. The summed E-state index contributed by atoms with van der Waals surface area (Å²) in [5, 5.41) is 6.88. The van der Waals surface area contributed by atoms with Crippen molar-refractivity contribution in [2.45, 2.75) is 44.7 Å². The van der Waals surface area contributed by atoms with Gasteiger partial charge in [-0.2, -0.15) is 0 Å². The zero-order valence-corrected chi connectivity index (χ0v) is 11.3. The van der Waals surface area contributed by atoms with E-state index < -0.39 is 0 Å². The van der Waals surface area contributed by atoms with E-state index in [4.69, 9.17) is 0 Å². The fraction of sp³-hybridized carbons (Fsp3) is 0.438. The minimum Gasteiger partial charge on any atom is -0.367 e. The van der Waals surface area contributed by atoms with Gasteiger partial charge in [-0.3, -0.25) is 4.79 Å². The molecule has 19 heavy (non-hydrogen) atoms. The van der Waals surface area contributed by atoms with Crippen molar-refractivity contribution in [1.29, 1.82) is 0 Å².